The van der Waals surface area contributed by atoms with Gasteiger partial charge in [0.05, 0.1) is 5.02 Å². The molecule has 1 aliphatic carbocycles. The molecule has 1 saturated carbocycles. The normalized spacial score (nSPS) is 17.0. The van der Waals surface area contributed by atoms with Crippen LogP contribution in [0.2, 0.25) is 5.02 Å². The van der Waals surface area contributed by atoms with Gasteiger partial charge >= 0.3 is 6.03 Å². The molecule has 1 aromatic rings. The van der Waals surface area contributed by atoms with Gasteiger partial charge < -0.3 is 25.0 Å². The zero-order valence-electron chi connectivity index (χ0n) is 16.1. The zero-order chi connectivity index (χ0) is 19.1. The van der Waals surface area contributed by atoms with Gasteiger partial charge in [-0.2, -0.15) is 0 Å². The number of carbonyl (C=O) groups excluding carboxylic acids is 1. The lowest BCUT2D eigenvalue weighted by Gasteiger charge is -2.31. The average Bonchev–Trinajstić information content (AvgIpc) is 2.70. The Morgan fingerprint density at radius 2 is 1.96 bits per heavy atom. The largest absolute Gasteiger partial charge is 0.486 e. The molecule has 2 amide bonds. The lowest BCUT2D eigenvalue weighted by atomic mass is 9.94. The topological polar surface area (TPSA) is 62.8 Å². The Kier molecular flexibility index (Phi) is 7.47. The van der Waals surface area contributed by atoms with Gasteiger partial charge in [0.25, 0.3) is 0 Å². The molecule has 2 aliphatic rings. The Balaban J connectivity index is 1.34. The van der Waals surface area contributed by atoms with Gasteiger partial charge in [0.2, 0.25) is 0 Å². The van der Waals surface area contributed by atoms with Crippen molar-refractivity contribution in [3.63, 3.8) is 0 Å². The van der Waals surface area contributed by atoms with Crippen molar-refractivity contribution in [3.8, 4) is 11.5 Å². The number of benzene rings is 1. The summed E-state index contributed by atoms with van der Waals surface area (Å²) in [6.45, 7) is 3.09. The van der Waals surface area contributed by atoms with Gasteiger partial charge in [0.1, 0.15) is 13.2 Å². The Morgan fingerprint density at radius 1 is 1.19 bits per heavy atom. The Hall–Kier alpha value is -1.66. The number of carbonyl (C=O) groups is 1. The monoisotopic (exact) mass is 395 g/mol. The predicted molar refractivity (Wildman–Crippen MR) is 107 cm³/mol. The molecule has 1 fully saturated rings. The highest BCUT2D eigenvalue weighted by Crippen LogP contribution is 2.38. The van der Waals surface area contributed by atoms with Crippen LogP contribution >= 0.6 is 11.6 Å². The SMILES string of the molecule is CN(CCCNC(=O)NCc1cc(Cl)c2c(c1)OCCO2)C1CCCCC1. The number of fused-ring (bicyclic) bond motifs is 1. The summed E-state index contributed by atoms with van der Waals surface area (Å²) in [5.41, 5.74) is 0.886. The Morgan fingerprint density at radius 3 is 2.78 bits per heavy atom. The van der Waals surface area contributed by atoms with E-state index in [2.05, 4.69) is 22.6 Å². The van der Waals surface area contributed by atoms with Crippen LogP contribution in [0.1, 0.15) is 44.1 Å². The van der Waals surface area contributed by atoms with Crippen LogP contribution in [0, 0.1) is 0 Å². The minimum Gasteiger partial charge on any atom is -0.486 e. The van der Waals surface area contributed by atoms with E-state index in [1.54, 1.807) is 6.07 Å². The van der Waals surface area contributed by atoms with E-state index < -0.39 is 0 Å². The standard InChI is InChI=1S/C20H30ClN3O3/c1-24(16-6-3-2-4-7-16)9-5-8-22-20(25)23-14-15-12-17(21)19-18(13-15)26-10-11-27-19/h12-13,16H,2-11,14H2,1H3,(H2,22,23,25). The lowest BCUT2D eigenvalue weighted by molar-refractivity contribution is 0.171. The fourth-order valence-electron chi connectivity index (χ4n) is 3.75. The Labute approximate surface area is 166 Å². The molecule has 3 rings (SSSR count). The molecule has 0 spiro atoms. The van der Waals surface area contributed by atoms with E-state index in [1.807, 2.05) is 6.07 Å². The second-order valence-electron chi connectivity index (χ2n) is 7.34. The molecular formula is C20H30ClN3O3. The third-order valence-corrected chi connectivity index (χ3v) is 5.56. The number of urea groups is 1. The smallest absolute Gasteiger partial charge is 0.315 e. The number of hydrogen-bond acceptors (Lipinski definition) is 4. The molecule has 1 aliphatic heterocycles. The summed E-state index contributed by atoms with van der Waals surface area (Å²) in [6, 6.07) is 4.21. The van der Waals surface area contributed by atoms with Gasteiger partial charge in [-0.25, -0.2) is 4.79 Å². The van der Waals surface area contributed by atoms with Crippen LogP contribution in [0.15, 0.2) is 12.1 Å². The van der Waals surface area contributed by atoms with Gasteiger partial charge in [-0.15, -0.1) is 0 Å². The molecule has 1 aromatic carbocycles. The van der Waals surface area contributed by atoms with Crippen LogP contribution in [0.4, 0.5) is 4.79 Å². The number of nitrogens with zero attached hydrogens (tertiary/aromatic N) is 1. The molecule has 150 valence electrons. The minimum atomic E-state index is -0.165. The maximum atomic E-state index is 12.0. The van der Waals surface area contributed by atoms with Gasteiger partial charge in [-0.05, 0) is 50.6 Å². The molecule has 2 N–H and O–H groups in total. The van der Waals surface area contributed by atoms with Gasteiger partial charge in [-0.3, -0.25) is 0 Å². The molecule has 0 bridgehead atoms. The summed E-state index contributed by atoms with van der Waals surface area (Å²) in [5, 5.41) is 6.30. The van der Waals surface area contributed by atoms with Gasteiger partial charge in [0.15, 0.2) is 11.5 Å². The zero-order valence-corrected chi connectivity index (χ0v) is 16.8. The maximum Gasteiger partial charge on any atom is 0.315 e. The maximum absolute atomic E-state index is 12.0. The van der Waals surface area contributed by atoms with Crippen molar-refractivity contribution in [1.29, 1.82) is 0 Å². The van der Waals surface area contributed by atoms with Gasteiger partial charge in [0, 0.05) is 19.1 Å². The molecule has 0 atom stereocenters. The fourth-order valence-corrected chi connectivity index (χ4v) is 4.03. The van der Waals surface area contributed by atoms with Crippen LogP contribution in [0.25, 0.3) is 0 Å². The van der Waals surface area contributed by atoms with Crippen LogP contribution < -0.4 is 20.1 Å². The summed E-state index contributed by atoms with van der Waals surface area (Å²) >= 11 is 6.22. The summed E-state index contributed by atoms with van der Waals surface area (Å²) < 4.78 is 11.1. The highest BCUT2D eigenvalue weighted by atomic mass is 35.5. The molecule has 6 nitrogen and oxygen atoms in total. The number of nitrogens with one attached hydrogen (secondary N) is 2. The van der Waals surface area contributed by atoms with Crippen LogP contribution in [-0.2, 0) is 6.54 Å². The molecule has 27 heavy (non-hydrogen) atoms. The summed E-state index contributed by atoms with van der Waals surface area (Å²) in [6.07, 6.45) is 7.64. The quantitative estimate of drug-likeness (QED) is 0.693. The molecular weight excluding hydrogens is 366 g/mol. The first-order valence-corrected chi connectivity index (χ1v) is 10.3. The number of hydrogen-bond donors (Lipinski definition) is 2. The highest BCUT2D eigenvalue weighted by molar-refractivity contribution is 6.32. The first-order valence-electron chi connectivity index (χ1n) is 9.93. The minimum absolute atomic E-state index is 0.165. The molecule has 0 radical (unpaired) electrons. The highest BCUT2D eigenvalue weighted by Gasteiger charge is 2.18. The second-order valence-corrected chi connectivity index (χ2v) is 7.74. The van der Waals surface area contributed by atoms with Crippen molar-refractivity contribution < 1.29 is 14.3 Å². The van der Waals surface area contributed by atoms with Crippen LogP contribution in [0.5, 0.6) is 11.5 Å². The Bertz CT molecular complexity index is 635. The van der Waals surface area contributed by atoms with E-state index in [0.29, 0.717) is 48.9 Å². The van der Waals surface area contributed by atoms with E-state index in [9.17, 15) is 4.79 Å². The molecule has 0 saturated heterocycles. The van der Waals surface area contributed by atoms with E-state index in [-0.39, 0.29) is 6.03 Å². The average molecular weight is 396 g/mol. The van der Waals surface area contributed by atoms with Crippen molar-refractivity contribution in [3.05, 3.63) is 22.7 Å². The number of halogens is 1. The third kappa shape index (κ3) is 5.91. The number of ether oxygens (including phenoxy) is 2. The van der Waals surface area contributed by atoms with Gasteiger partial charge in [-0.1, -0.05) is 30.9 Å². The van der Waals surface area contributed by atoms with Crippen molar-refractivity contribution in [2.75, 3.05) is 33.4 Å². The first-order chi connectivity index (χ1) is 13.1. The summed E-state index contributed by atoms with van der Waals surface area (Å²) in [4.78, 5) is 14.5. The summed E-state index contributed by atoms with van der Waals surface area (Å²) in [5.74, 6) is 1.22. The number of amides is 2. The van der Waals surface area contributed by atoms with Crippen LogP contribution in [-0.4, -0.2) is 50.3 Å². The first kappa shape index (κ1) is 20.1. The number of rotatable bonds is 7. The second kappa shape index (κ2) is 10.0. The predicted octanol–water partition coefficient (Wildman–Crippen LogP) is 3.57. The van der Waals surface area contributed by atoms with E-state index in [1.165, 1.54) is 32.1 Å². The third-order valence-electron chi connectivity index (χ3n) is 5.28. The molecule has 7 heteroatoms. The van der Waals surface area contributed by atoms with Crippen LogP contribution in [0.3, 0.4) is 0 Å². The molecule has 0 aromatic heterocycles. The van der Waals surface area contributed by atoms with Crippen molar-refractivity contribution >= 4 is 17.6 Å². The van der Waals surface area contributed by atoms with E-state index in [0.717, 1.165) is 18.5 Å². The lowest BCUT2D eigenvalue weighted by Crippen LogP contribution is -2.38. The van der Waals surface area contributed by atoms with Crippen molar-refractivity contribution in [1.82, 2.24) is 15.5 Å². The van der Waals surface area contributed by atoms with Crippen molar-refractivity contribution in [2.24, 2.45) is 0 Å². The molecule has 0 unspecified atom stereocenters. The van der Waals surface area contributed by atoms with E-state index >= 15 is 0 Å². The fraction of sp³-hybridized carbons (Fsp3) is 0.650. The summed E-state index contributed by atoms with van der Waals surface area (Å²) in [7, 11) is 2.20. The van der Waals surface area contributed by atoms with Crippen molar-refractivity contribution in [2.45, 2.75) is 51.1 Å². The molecule has 1 heterocycles. The van der Waals surface area contributed by atoms with E-state index in [4.69, 9.17) is 21.1 Å².